The van der Waals surface area contributed by atoms with Crippen molar-refractivity contribution in [1.29, 1.82) is 0 Å². The summed E-state index contributed by atoms with van der Waals surface area (Å²) in [5, 5.41) is 2.98. The number of hydrogen-bond acceptors (Lipinski definition) is 2. The fourth-order valence-electron chi connectivity index (χ4n) is 1.12. The molecule has 1 aromatic carbocycles. The fraction of sp³-hybridized carbons (Fsp3) is 0.300. The Morgan fingerprint density at radius 2 is 2.12 bits per heavy atom. The zero-order valence-electron chi connectivity index (χ0n) is 8.97. The van der Waals surface area contributed by atoms with Crippen LogP contribution in [0.1, 0.15) is 6.92 Å². The van der Waals surface area contributed by atoms with E-state index in [9.17, 15) is 18.0 Å². The first kappa shape index (κ1) is 13.7. The van der Waals surface area contributed by atoms with Crippen LogP contribution in [0.15, 0.2) is 29.2 Å². The molecule has 2 N–H and O–H groups in total. The van der Waals surface area contributed by atoms with Crippen LogP contribution < -0.4 is 10.6 Å². The monoisotopic (exact) mass is 264 g/mol. The Balaban J connectivity index is 2.62. The van der Waals surface area contributed by atoms with Gasteiger partial charge in [0.15, 0.2) is 0 Å². The minimum absolute atomic E-state index is 0.324. The molecule has 94 valence electrons. The van der Waals surface area contributed by atoms with Crippen LogP contribution in [0.3, 0.4) is 0 Å². The van der Waals surface area contributed by atoms with E-state index in [4.69, 9.17) is 0 Å². The van der Waals surface area contributed by atoms with Gasteiger partial charge in [-0.2, -0.15) is 13.2 Å². The van der Waals surface area contributed by atoms with E-state index in [1.165, 1.54) is 17.8 Å². The second-order valence-corrected chi connectivity index (χ2v) is 4.38. The number of anilines is 1. The minimum atomic E-state index is -4.72. The van der Waals surface area contributed by atoms with Crippen LogP contribution in [0.4, 0.5) is 23.7 Å². The molecule has 0 spiro atoms. The highest BCUT2D eigenvalue weighted by molar-refractivity contribution is 7.99. The molecule has 0 fully saturated rings. The number of benzene rings is 1. The summed E-state index contributed by atoms with van der Waals surface area (Å²) in [4.78, 5) is 11.8. The molecule has 0 unspecified atom stereocenters. The molecular weight excluding hydrogens is 253 g/mol. The van der Waals surface area contributed by atoms with Gasteiger partial charge in [0.05, 0.1) is 0 Å². The summed E-state index contributed by atoms with van der Waals surface area (Å²) in [6.45, 7) is 1.96. The molecule has 0 aliphatic carbocycles. The second-order valence-electron chi connectivity index (χ2n) is 3.04. The van der Waals surface area contributed by atoms with Crippen molar-refractivity contribution in [2.24, 2.45) is 0 Å². The smallest absolute Gasteiger partial charge is 0.308 e. The van der Waals surface area contributed by atoms with Crippen molar-refractivity contribution in [1.82, 2.24) is 5.32 Å². The third-order valence-corrected chi connectivity index (χ3v) is 2.53. The number of hydrogen-bond donors (Lipinski definition) is 2. The molecular formula is C10H11F3N2OS. The molecule has 1 rings (SSSR count). The predicted octanol–water partition coefficient (Wildman–Crippen LogP) is 3.44. The molecule has 1 aromatic rings. The van der Waals surface area contributed by atoms with Crippen LogP contribution in [0.5, 0.6) is 0 Å². The van der Waals surface area contributed by atoms with Gasteiger partial charge in [-0.1, -0.05) is 13.0 Å². The lowest BCUT2D eigenvalue weighted by Crippen LogP contribution is -2.40. The fourth-order valence-corrected chi connectivity index (χ4v) is 1.84. The molecule has 0 radical (unpaired) electrons. The SMILES string of the molecule is CCSc1cccc(NC(=O)NC(F)(F)F)c1. The molecule has 0 saturated carbocycles. The Kier molecular flexibility index (Phi) is 4.68. The van der Waals surface area contributed by atoms with Crippen molar-refractivity contribution in [3.05, 3.63) is 24.3 Å². The van der Waals surface area contributed by atoms with E-state index in [0.717, 1.165) is 16.0 Å². The van der Waals surface area contributed by atoms with Crippen molar-refractivity contribution in [2.75, 3.05) is 11.1 Å². The second kappa shape index (κ2) is 5.81. The molecule has 3 nitrogen and oxygen atoms in total. The number of carbonyl (C=O) groups is 1. The van der Waals surface area contributed by atoms with Crippen LogP contribution >= 0.6 is 11.8 Å². The zero-order valence-corrected chi connectivity index (χ0v) is 9.78. The quantitative estimate of drug-likeness (QED) is 0.648. The highest BCUT2D eigenvalue weighted by atomic mass is 32.2. The molecule has 0 bridgehead atoms. The van der Waals surface area contributed by atoms with Crippen molar-refractivity contribution in [3.8, 4) is 0 Å². The summed E-state index contributed by atoms with van der Waals surface area (Å²) in [7, 11) is 0. The van der Waals surface area contributed by atoms with Gasteiger partial charge < -0.3 is 5.32 Å². The van der Waals surface area contributed by atoms with Crippen molar-refractivity contribution < 1.29 is 18.0 Å². The first-order valence-electron chi connectivity index (χ1n) is 4.79. The Bertz CT molecular complexity index is 395. The van der Waals surface area contributed by atoms with Crippen LogP contribution in [-0.2, 0) is 0 Å². The van der Waals surface area contributed by atoms with E-state index >= 15 is 0 Å². The lowest BCUT2D eigenvalue weighted by Gasteiger charge is -2.10. The summed E-state index contributed by atoms with van der Waals surface area (Å²) < 4.78 is 35.5. The van der Waals surface area contributed by atoms with Gasteiger partial charge in [-0.3, -0.25) is 0 Å². The van der Waals surface area contributed by atoms with Crippen LogP contribution in [-0.4, -0.2) is 18.1 Å². The van der Waals surface area contributed by atoms with Gasteiger partial charge in [0.25, 0.3) is 0 Å². The first-order valence-corrected chi connectivity index (χ1v) is 5.78. The molecule has 2 amide bonds. The average molecular weight is 264 g/mol. The van der Waals surface area contributed by atoms with Crippen LogP contribution in [0.25, 0.3) is 0 Å². The minimum Gasteiger partial charge on any atom is -0.308 e. The molecule has 0 aliphatic heterocycles. The van der Waals surface area contributed by atoms with Crippen LogP contribution in [0, 0.1) is 0 Å². The standard InChI is InChI=1S/C10H11F3N2OS/c1-2-17-8-5-3-4-7(6-8)14-9(16)15-10(11,12)13/h3-6H,2H2,1H3,(H2,14,15,16). The van der Waals surface area contributed by atoms with E-state index in [1.54, 1.807) is 12.1 Å². The Labute approximate surface area is 101 Å². The van der Waals surface area contributed by atoms with Crippen molar-refractivity contribution in [2.45, 2.75) is 18.1 Å². The summed E-state index contributed by atoms with van der Waals surface area (Å²) in [5.41, 5.74) is 0.324. The average Bonchev–Trinajstić information content (AvgIpc) is 2.15. The van der Waals surface area contributed by atoms with E-state index in [0.29, 0.717) is 5.69 Å². The highest BCUT2D eigenvalue weighted by Crippen LogP contribution is 2.21. The third kappa shape index (κ3) is 5.48. The van der Waals surface area contributed by atoms with E-state index in [-0.39, 0.29) is 0 Å². The number of thioether (sulfide) groups is 1. The van der Waals surface area contributed by atoms with Gasteiger partial charge in [-0.15, -0.1) is 11.8 Å². The summed E-state index contributed by atoms with van der Waals surface area (Å²) in [6.07, 6.45) is -4.72. The largest absolute Gasteiger partial charge is 0.485 e. The van der Waals surface area contributed by atoms with E-state index in [1.807, 2.05) is 13.0 Å². The molecule has 7 heteroatoms. The number of alkyl halides is 3. The Hall–Kier alpha value is -1.37. The van der Waals surface area contributed by atoms with E-state index in [2.05, 4.69) is 5.32 Å². The number of nitrogens with one attached hydrogen (secondary N) is 2. The maximum Gasteiger partial charge on any atom is 0.485 e. The molecule has 0 aliphatic rings. The summed E-state index contributed by atoms with van der Waals surface area (Å²) in [5.74, 6) is 0.845. The van der Waals surface area contributed by atoms with Gasteiger partial charge in [0, 0.05) is 10.6 Å². The maximum absolute atomic E-state index is 11.8. The lowest BCUT2D eigenvalue weighted by molar-refractivity contribution is -0.144. The van der Waals surface area contributed by atoms with Gasteiger partial charge in [0.1, 0.15) is 0 Å². The topological polar surface area (TPSA) is 41.1 Å². The van der Waals surface area contributed by atoms with Crippen molar-refractivity contribution in [3.63, 3.8) is 0 Å². The predicted molar refractivity (Wildman–Crippen MR) is 61.0 cm³/mol. The molecule has 0 atom stereocenters. The van der Waals surface area contributed by atoms with Gasteiger partial charge >= 0.3 is 12.3 Å². The number of rotatable bonds is 3. The summed E-state index contributed by atoms with van der Waals surface area (Å²) in [6, 6.07) is 5.33. The molecule has 0 heterocycles. The van der Waals surface area contributed by atoms with Gasteiger partial charge in [-0.25, -0.2) is 10.1 Å². The lowest BCUT2D eigenvalue weighted by atomic mass is 10.3. The Morgan fingerprint density at radius 3 is 2.71 bits per heavy atom. The Morgan fingerprint density at radius 1 is 1.41 bits per heavy atom. The van der Waals surface area contributed by atoms with Crippen LogP contribution in [0.2, 0.25) is 0 Å². The third-order valence-electron chi connectivity index (χ3n) is 1.66. The summed E-state index contributed by atoms with van der Waals surface area (Å²) >= 11 is 1.54. The van der Waals surface area contributed by atoms with Gasteiger partial charge in [-0.05, 0) is 24.0 Å². The number of amides is 2. The maximum atomic E-state index is 11.8. The van der Waals surface area contributed by atoms with E-state index < -0.39 is 12.3 Å². The zero-order chi connectivity index (χ0) is 12.9. The molecule has 0 aromatic heterocycles. The highest BCUT2D eigenvalue weighted by Gasteiger charge is 2.29. The first-order chi connectivity index (χ1) is 7.90. The van der Waals surface area contributed by atoms with Crippen molar-refractivity contribution >= 4 is 23.5 Å². The number of urea groups is 1. The van der Waals surface area contributed by atoms with Gasteiger partial charge in [0.2, 0.25) is 0 Å². The number of carbonyl (C=O) groups excluding carboxylic acids is 1. The normalized spacial score (nSPS) is 11.1. The molecule has 17 heavy (non-hydrogen) atoms. The molecule has 0 saturated heterocycles. The number of halogens is 3.